The van der Waals surface area contributed by atoms with Gasteiger partial charge in [0.05, 0.1) is 0 Å². The van der Waals surface area contributed by atoms with Crippen LogP contribution < -0.4 is 0 Å². The van der Waals surface area contributed by atoms with E-state index in [1.807, 2.05) is 0 Å². The van der Waals surface area contributed by atoms with Gasteiger partial charge in [-0.05, 0) is 29.6 Å². The summed E-state index contributed by atoms with van der Waals surface area (Å²) in [6.07, 6.45) is 11.0. The molecule has 50 valence electrons. The average molecular weight is 130 g/mol. The molecule has 0 spiro atoms. The van der Waals surface area contributed by atoms with Crippen molar-refractivity contribution in [3.8, 4) is 0 Å². The highest BCUT2D eigenvalue weighted by Crippen LogP contribution is 2.30. The Labute approximate surface area is 61.3 Å². The van der Waals surface area contributed by atoms with E-state index in [2.05, 4.69) is 30.9 Å². The summed E-state index contributed by atoms with van der Waals surface area (Å²) in [6.45, 7) is 3.96. The largest absolute Gasteiger partial charge is 0.0915 e. The number of allylic oxidation sites excluding steroid dienone is 7. The molecule has 10 heavy (non-hydrogen) atoms. The van der Waals surface area contributed by atoms with Crippen molar-refractivity contribution in [1.29, 1.82) is 0 Å². The summed E-state index contributed by atoms with van der Waals surface area (Å²) < 4.78 is 0. The lowest BCUT2D eigenvalue weighted by Crippen LogP contribution is -1.88. The van der Waals surface area contributed by atoms with Gasteiger partial charge in [0.15, 0.2) is 0 Å². The summed E-state index contributed by atoms with van der Waals surface area (Å²) in [5, 5.41) is 0. The van der Waals surface area contributed by atoms with Crippen LogP contribution in [0, 0.1) is 0 Å². The first-order valence-electron chi connectivity index (χ1n) is 3.65. The van der Waals surface area contributed by atoms with Crippen LogP contribution in [0.3, 0.4) is 0 Å². The smallest absolute Gasteiger partial charge is 0.0222 e. The molecule has 2 aliphatic carbocycles. The lowest BCUT2D eigenvalue weighted by atomic mass is 9.98. The lowest BCUT2D eigenvalue weighted by molar-refractivity contribution is 0.975. The molecule has 0 heteroatoms. The zero-order chi connectivity index (χ0) is 6.97. The first-order valence-corrected chi connectivity index (χ1v) is 3.65. The van der Waals surface area contributed by atoms with Crippen LogP contribution in [0.2, 0.25) is 0 Å². The zero-order valence-electron chi connectivity index (χ0n) is 5.93. The van der Waals surface area contributed by atoms with Gasteiger partial charge in [-0.25, -0.2) is 0 Å². The topological polar surface area (TPSA) is 0 Å². The quantitative estimate of drug-likeness (QED) is 0.473. The third kappa shape index (κ3) is 0.688. The normalized spacial score (nSPS) is 22.2. The van der Waals surface area contributed by atoms with Crippen LogP contribution in [-0.4, -0.2) is 0 Å². The molecule has 0 saturated heterocycles. The van der Waals surface area contributed by atoms with Crippen LogP contribution in [0.5, 0.6) is 0 Å². The van der Waals surface area contributed by atoms with Gasteiger partial charge in [-0.3, -0.25) is 0 Å². The second-order valence-electron chi connectivity index (χ2n) is 2.73. The molecule has 0 atom stereocenters. The minimum atomic E-state index is 1.18. The summed E-state index contributed by atoms with van der Waals surface area (Å²) in [5.74, 6) is 0. The highest BCUT2D eigenvalue weighted by Gasteiger charge is 2.11. The molecule has 0 aromatic rings. The molecule has 0 saturated carbocycles. The molecule has 0 fully saturated rings. The molecule has 0 heterocycles. The number of hydrogen-bond acceptors (Lipinski definition) is 0. The first-order chi connectivity index (χ1) is 4.88. The average Bonchev–Trinajstić information content (AvgIpc) is 2.34. The van der Waals surface area contributed by atoms with E-state index in [1.54, 1.807) is 0 Å². The summed E-state index contributed by atoms with van der Waals surface area (Å²) >= 11 is 0. The van der Waals surface area contributed by atoms with Gasteiger partial charge in [0.2, 0.25) is 0 Å². The molecular formula is C10H10. The third-order valence-electron chi connectivity index (χ3n) is 2.06. The Bertz CT molecular complexity index is 262. The molecule has 0 bridgehead atoms. The Hall–Kier alpha value is -1.04. The number of hydrogen-bond donors (Lipinski definition) is 0. The third-order valence-corrected chi connectivity index (χ3v) is 2.06. The second kappa shape index (κ2) is 1.98. The molecule has 0 radical (unpaired) electrons. The van der Waals surface area contributed by atoms with E-state index >= 15 is 0 Å². The van der Waals surface area contributed by atoms with E-state index in [-0.39, 0.29) is 0 Å². The van der Waals surface area contributed by atoms with Gasteiger partial charge >= 0.3 is 0 Å². The van der Waals surface area contributed by atoms with Crippen LogP contribution in [0.1, 0.15) is 12.8 Å². The maximum atomic E-state index is 3.96. The van der Waals surface area contributed by atoms with Crippen LogP contribution in [0.25, 0.3) is 0 Å². The van der Waals surface area contributed by atoms with Crippen molar-refractivity contribution in [3.05, 3.63) is 47.6 Å². The summed E-state index contributed by atoms with van der Waals surface area (Å²) in [6, 6.07) is 0. The van der Waals surface area contributed by atoms with Crippen LogP contribution in [0.4, 0.5) is 0 Å². The van der Waals surface area contributed by atoms with E-state index in [4.69, 9.17) is 0 Å². The van der Waals surface area contributed by atoms with Crippen molar-refractivity contribution in [2.75, 3.05) is 0 Å². The van der Waals surface area contributed by atoms with Crippen molar-refractivity contribution in [2.45, 2.75) is 12.8 Å². The molecule has 0 nitrogen and oxygen atoms in total. The van der Waals surface area contributed by atoms with E-state index in [9.17, 15) is 0 Å². The van der Waals surface area contributed by atoms with Gasteiger partial charge in [-0.2, -0.15) is 0 Å². The fourth-order valence-corrected chi connectivity index (χ4v) is 1.48. The fourth-order valence-electron chi connectivity index (χ4n) is 1.48. The van der Waals surface area contributed by atoms with Crippen molar-refractivity contribution >= 4 is 0 Å². The second-order valence-corrected chi connectivity index (χ2v) is 2.73. The molecule has 0 amide bonds. The molecule has 0 aromatic carbocycles. The molecule has 0 aliphatic heterocycles. The van der Waals surface area contributed by atoms with E-state index in [0.29, 0.717) is 0 Å². The lowest BCUT2D eigenvalue weighted by Gasteiger charge is -2.07. The number of rotatable bonds is 0. The van der Waals surface area contributed by atoms with Crippen LogP contribution >= 0.6 is 0 Å². The summed E-state index contributed by atoms with van der Waals surface area (Å²) in [7, 11) is 0. The van der Waals surface area contributed by atoms with Crippen molar-refractivity contribution in [1.82, 2.24) is 0 Å². The van der Waals surface area contributed by atoms with Gasteiger partial charge in [0.1, 0.15) is 0 Å². The standard InChI is InChI=1S/C10H10/c1-8-6-7-9-4-2-3-5-10(8)9/h2,4,6-7H,1,3,5H2. The molecule has 0 unspecified atom stereocenters. The SMILES string of the molecule is C=C1C=CC2=C1CCC=C2. The Morgan fingerprint density at radius 1 is 1.20 bits per heavy atom. The van der Waals surface area contributed by atoms with Crippen molar-refractivity contribution in [3.63, 3.8) is 0 Å². The Kier molecular flexibility index (Phi) is 1.13. The van der Waals surface area contributed by atoms with Crippen molar-refractivity contribution in [2.24, 2.45) is 0 Å². The predicted molar refractivity (Wildman–Crippen MR) is 43.7 cm³/mol. The van der Waals surface area contributed by atoms with E-state index < -0.39 is 0 Å². The Morgan fingerprint density at radius 3 is 2.90 bits per heavy atom. The van der Waals surface area contributed by atoms with Gasteiger partial charge in [0.25, 0.3) is 0 Å². The van der Waals surface area contributed by atoms with Crippen LogP contribution in [0.15, 0.2) is 47.6 Å². The van der Waals surface area contributed by atoms with Gasteiger partial charge in [0, 0.05) is 0 Å². The minimum absolute atomic E-state index is 1.18. The Morgan fingerprint density at radius 2 is 2.10 bits per heavy atom. The monoisotopic (exact) mass is 130 g/mol. The molecular weight excluding hydrogens is 120 g/mol. The fraction of sp³-hybridized carbons (Fsp3) is 0.200. The predicted octanol–water partition coefficient (Wildman–Crippen LogP) is 2.76. The molecule has 0 aromatic heterocycles. The summed E-state index contributed by atoms with van der Waals surface area (Å²) in [5.41, 5.74) is 4.03. The highest BCUT2D eigenvalue weighted by atomic mass is 14.2. The van der Waals surface area contributed by atoms with Gasteiger partial charge in [-0.1, -0.05) is 30.9 Å². The minimum Gasteiger partial charge on any atom is -0.0915 e. The van der Waals surface area contributed by atoms with Gasteiger partial charge < -0.3 is 0 Å². The zero-order valence-corrected chi connectivity index (χ0v) is 5.93. The summed E-state index contributed by atoms with van der Waals surface area (Å²) in [4.78, 5) is 0. The highest BCUT2D eigenvalue weighted by molar-refractivity contribution is 5.57. The molecule has 2 rings (SSSR count). The van der Waals surface area contributed by atoms with E-state index in [0.717, 1.165) is 0 Å². The first kappa shape index (κ1) is 5.72. The molecule has 2 aliphatic rings. The van der Waals surface area contributed by atoms with Crippen LogP contribution in [-0.2, 0) is 0 Å². The Balaban J connectivity index is 2.46. The maximum absolute atomic E-state index is 3.96. The molecule has 0 N–H and O–H groups in total. The van der Waals surface area contributed by atoms with Crippen molar-refractivity contribution < 1.29 is 0 Å². The van der Waals surface area contributed by atoms with E-state index in [1.165, 1.54) is 29.6 Å². The maximum Gasteiger partial charge on any atom is -0.0222 e. The van der Waals surface area contributed by atoms with Gasteiger partial charge in [-0.15, -0.1) is 0 Å².